The molecule has 0 aliphatic heterocycles. The second-order valence-electron chi connectivity index (χ2n) is 8.39. The minimum Gasteiger partial charge on any atom is -0.489 e. The van der Waals surface area contributed by atoms with Crippen LogP contribution in [0.15, 0.2) is 60.2 Å². The largest absolute Gasteiger partial charge is 0.535 e. The number of rotatable bonds is 9. The third-order valence-electron chi connectivity index (χ3n) is 5.86. The molecule has 3 rings (SSSR count). The van der Waals surface area contributed by atoms with Crippen LogP contribution in [0.5, 0.6) is 0 Å². The summed E-state index contributed by atoms with van der Waals surface area (Å²) in [5, 5.41) is 24.3. The van der Waals surface area contributed by atoms with Crippen LogP contribution in [0.4, 0.5) is 4.79 Å². The highest BCUT2D eigenvalue weighted by molar-refractivity contribution is 6.10. The van der Waals surface area contributed by atoms with Crippen molar-refractivity contribution in [2.24, 2.45) is 5.92 Å². The van der Waals surface area contributed by atoms with Gasteiger partial charge in [0.1, 0.15) is 7.11 Å². The summed E-state index contributed by atoms with van der Waals surface area (Å²) in [6, 6.07) is -0.180. The van der Waals surface area contributed by atoms with E-state index in [0.29, 0.717) is 29.3 Å². The number of aliphatic hydroxyl groups is 1. The zero-order valence-electron chi connectivity index (χ0n) is 19.5. The first-order chi connectivity index (χ1) is 16.0. The van der Waals surface area contributed by atoms with E-state index in [9.17, 15) is 9.90 Å². The van der Waals surface area contributed by atoms with E-state index in [2.05, 4.69) is 17.2 Å². The van der Waals surface area contributed by atoms with Gasteiger partial charge in [-0.3, -0.25) is 0 Å². The van der Waals surface area contributed by atoms with Gasteiger partial charge in [-0.2, -0.15) is 10.1 Å². The average Bonchev–Trinajstić information content (AvgIpc) is 3.64. The predicted octanol–water partition coefficient (Wildman–Crippen LogP) is 3.48. The molecule has 0 radical (unpaired) electrons. The van der Waals surface area contributed by atoms with Crippen molar-refractivity contribution in [1.29, 1.82) is 5.41 Å². The standard InChI is InChI=1S/C25H34N4O4/c1-4-6-7-23(17-8-9-17)29(32-3)25(31)28-22-14-18(21(26)15-24(22)33-5-2)16-27-19-10-12-20(30)13-11-19/h4,6-7,14-17,19-20,30H,1,5,8-13H2,2-3H3,(H2-,26,27,28,31)/p+1/b7-6-,29-23-. The summed E-state index contributed by atoms with van der Waals surface area (Å²) in [5.74, 6) is 0.704. The minimum atomic E-state index is -0.438. The molecule has 0 heterocycles. The first-order valence-corrected chi connectivity index (χ1v) is 11.6. The SMILES string of the molecule is C=C/C=C\C(C1CC1)=[N+](\OC)C(=O)NC1=C/C(=C/NC2CCC(O)CC2)C(=N)C=C1OCC. The van der Waals surface area contributed by atoms with Gasteiger partial charge in [-0.05, 0) is 62.3 Å². The second-order valence-corrected chi connectivity index (χ2v) is 8.39. The molecule has 0 atom stereocenters. The van der Waals surface area contributed by atoms with Gasteiger partial charge in [0.2, 0.25) is 0 Å². The monoisotopic (exact) mass is 455 g/mol. The van der Waals surface area contributed by atoms with Gasteiger partial charge in [0, 0.05) is 29.8 Å². The maximum absolute atomic E-state index is 13.1. The maximum Gasteiger partial charge on any atom is 0.535 e. The number of amides is 2. The molecule has 33 heavy (non-hydrogen) atoms. The normalized spacial score (nSPS) is 25.2. The number of nitrogens with one attached hydrogen (secondary N) is 3. The van der Waals surface area contributed by atoms with Crippen molar-refractivity contribution >= 4 is 17.5 Å². The molecule has 8 heteroatoms. The smallest absolute Gasteiger partial charge is 0.489 e. The zero-order valence-corrected chi connectivity index (χ0v) is 19.5. The molecular weight excluding hydrogens is 420 g/mol. The van der Waals surface area contributed by atoms with E-state index in [4.69, 9.17) is 15.0 Å². The van der Waals surface area contributed by atoms with Gasteiger partial charge in [-0.15, -0.1) is 0 Å². The van der Waals surface area contributed by atoms with Crippen molar-refractivity contribution in [2.75, 3.05) is 13.7 Å². The minimum absolute atomic E-state index is 0.218. The van der Waals surface area contributed by atoms with Crippen LogP contribution >= 0.6 is 0 Å². The molecule has 8 nitrogen and oxygen atoms in total. The molecule has 4 N–H and O–H groups in total. The van der Waals surface area contributed by atoms with Crippen molar-refractivity contribution in [2.45, 2.75) is 57.6 Å². The third-order valence-corrected chi connectivity index (χ3v) is 5.86. The summed E-state index contributed by atoms with van der Waals surface area (Å²) in [7, 11) is 1.46. The van der Waals surface area contributed by atoms with E-state index in [1.165, 1.54) is 11.8 Å². The molecule has 2 saturated carbocycles. The maximum atomic E-state index is 13.1. The van der Waals surface area contributed by atoms with Crippen LogP contribution in [-0.2, 0) is 9.57 Å². The number of allylic oxidation sites excluding steroid dienone is 6. The van der Waals surface area contributed by atoms with Crippen molar-refractivity contribution < 1.29 is 24.2 Å². The number of urea groups is 1. The highest BCUT2D eigenvalue weighted by Crippen LogP contribution is 2.31. The van der Waals surface area contributed by atoms with E-state index in [1.54, 1.807) is 30.5 Å². The Labute approximate surface area is 195 Å². The summed E-state index contributed by atoms with van der Waals surface area (Å²) in [6.07, 6.45) is 15.5. The lowest BCUT2D eigenvalue weighted by Crippen LogP contribution is -2.37. The molecule has 0 aromatic heterocycles. The summed E-state index contributed by atoms with van der Waals surface area (Å²) in [6.45, 7) is 5.96. The summed E-state index contributed by atoms with van der Waals surface area (Å²) in [5.41, 5.74) is 2.18. The predicted molar refractivity (Wildman–Crippen MR) is 128 cm³/mol. The number of nitrogens with zero attached hydrogens (tertiary/aromatic N) is 1. The Morgan fingerprint density at radius 2 is 2.00 bits per heavy atom. The van der Waals surface area contributed by atoms with E-state index in [-0.39, 0.29) is 18.1 Å². The molecule has 2 fully saturated rings. The van der Waals surface area contributed by atoms with Gasteiger partial charge >= 0.3 is 6.03 Å². The Kier molecular flexibility index (Phi) is 8.65. The van der Waals surface area contributed by atoms with Gasteiger partial charge < -0.3 is 25.4 Å². The molecule has 178 valence electrons. The number of hydroxylamine groups is 1. The van der Waals surface area contributed by atoms with Gasteiger partial charge in [-0.1, -0.05) is 18.7 Å². The van der Waals surface area contributed by atoms with Gasteiger partial charge in [0.25, 0.3) is 0 Å². The molecule has 0 aromatic carbocycles. The summed E-state index contributed by atoms with van der Waals surface area (Å²) in [4.78, 5) is 18.5. The van der Waals surface area contributed by atoms with Crippen LogP contribution < -0.4 is 10.6 Å². The number of hydrogen-bond acceptors (Lipinski definition) is 6. The quantitative estimate of drug-likeness (QED) is 0.184. The summed E-state index contributed by atoms with van der Waals surface area (Å²) < 4.78 is 6.95. The van der Waals surface area contributed by atoms with E-state index < -0.39 is 6.03 Å². The van der Waals surface area contributed by atoms with Crippen LogP contribution in [0.1, 0.15) is 45.4 Å². The Hall–Kier alpha value is -3.13. The number of hydrogen-bond donors (Lipinski definition) is 4. The first-order valence-electron chi connectivity index (χ1n) is 11.6. The lowest BCUT2D eigenvalue weighted by Gasteiger charge is -2.26. The Morgan fingerprint density at radius 1 is 1.27 bits per heavy atom. The van der Waals surface area contributed by atoms with Gasteiger partial charge in [0.15, 0.2) is 17.2 Å². The highest BCUT2D eigenvalue weighted by Gasteiger charge is 2.35. The molecule has 0 spiro atoms. The van der Waals surface area contributed by atoms with E-state index in [1.807, 2.05) is 13.0 Å². The molecule has 0 saturated heterocycles. The van der Waals surface area contributed by atoms with Crippen LogP contribution in [0, 0.1) is 11.3 Å². The third kappa shape index (κ3) is 6.68. The van der Waals surface area contributed by atoms with Crippen molar-refractivity contribution in [1.82, 2.24) is 10.6 Å². The lowest BCUT2D eigenvalue weighted by atomic mass is 9.93. The topological polar surface area (TPSA) is 107 Å². The van der Waals surface area contributed by atoms with Crippen molar-refractivity contribution in [3.05, 3.63) is 60.2 Å². The van der Waals surface area contributed by atoms with Crippen molar-refractivity contribution in [3.8, 4) is 0 Å². The van der Waals surface area contributed by atoms with Crippen molar-refractivity contribution in [3.63, 3.8) is 0 Å². The van der Waals surface area contributed by atoms with Crippen LogP contribution in [0.25, 0.3) is 0 Å². The molecule has 3 aliphatic rings. The molecule has 0 bridgehead atoms. The number of carbonyl (C=O) groups is 1. The van der Waals surface area contributed by atoms with Crippen LogP contribution in [0.3, 0.4) is 0 Å². The zero-order chi connectivity index (χ0) is 23.8. The second kappa shape index (κ2) is 11.7. The van der Waals surface area contributed by atoms with E-state index >= 15 is 0 Å². The van der Waals surface area contributed by atoms with Gasteiger partial charge in [-0.25, -0.2) is 0 Å². The first kappa shape index (κ1) is 24.5. The average molecular weight is 456 g/mol. The number of ether oxygens (including phenoxy) is 1. The molecule has 2 amide bonds. The molecule has 0 unspecified atom stereocenters. The highest BCUT2D eigenvalue weighted by atomic mass is 16.7. The number of carbonyl (C=O) groups excluding carboxylic acids is 1. The summed E-state index contributed by atoms with van der Waals surface area (Å²) >= 11 is 0. The fourth-order valence-corrected chi connectivity index (χ4v) is 3.93. The van der Waals surface area contributed by atoms with Crippen LogP contribution in [0.2, 0.25) is 0 Å². The fourth-order valence-electron chi connectivity index (χ4n) is 3.93. The van der Waals surface area contributed by atoms with E-state index in [0.717, 1.165) is 44.2 Å². The van der Waals surface area contributed by atoms with Gasteiger partial charge in [0.05, 0.1) is 18.4 Å². The molecule has 3 aliphatic carbocycles. The Bertz CT molecular complexity index is 917. The Morgan fingerprint density at radius 3 is 2.61 bits per heavy atom. The molecule has 0 aromatic rings. The van der Waals surface area contributed by atoms with Crippen LogP contribution in [-0.4, -0.2) is 53.2 Å². The molecular formula is C25H35N4O4+. The lowest BCUT2D eigenvalue weighted by molar-refractivity contribution is -0.707. The fraction of sp³-hybridized carbons (Fsp3) is 0.480. The number of aliphatic hydroxyl groups excluding tert-OH is 1. The Balaban J connectivity index is 1.81.